The molecule has 0 heterocycles. The molecule has 0 saturated heterocycles. The minimum absolute atomic E-state index is 0.215. The van der Waals surface area contributed by atoms with Crippen LogP contribution in [0.5, 0.6) is 11.5 Å². The molecule has 7 heteroatoms. The zero-order chi connectivity index (χ0) is 20.4. The lowest BCUT2D eigenvalue weighted by molar-refractivity contribution is -0.123. The van der Waals surface area contributed by atoms with Gasteiger partial charge in [-0.25, -0.2) is 0 Å². The third-order valence-corrected chi connectivity index (χ3v) is 4.83. The normalized spacial score (nSPS) is 11.4. The lowest BCUT2D eigenvalue weighted by atomic mass is 10.1. The van der Waals surface area contributed by atoms with Gasteiger partial charge in [-0.15, -0.1) is 0 Å². The molecule has 1 atom stereocenters. The number of nitrogens with one attached hydrogen (secondary N) is 2. The van der Waals surface area contributed by atoms with Crippen molar-refractivity contribution < 1.29 is 19.1 Å². The minimum atomic E-state index is -0.597. The second kappa shape index (κ2) is 11.2. The van der Waals surface area contributed by atoms with Crippen LogP contribution in [-0.4, -0.2) is 44.1 Å². The number of ether oxygens (including phenoxy) is 2. The number of carbonyl (C=O) groups is 2. The van der Waals surface area contributed by atoms with Crippen molar-refractivity contribution in [2.24, 2.45) is 0 Å². The molecule has 2 rings (SSSR count). The van der Waals surface area contributed by atoms with E-state index in [2.05, 4.69) is 10.6 Å². The first-order chi connectivity index (χ1) is 13.6. The standard InChI is InChI=1S/C21H26N2O4S/c1-26-18-10-9-15(13-19(18)27-2)14-22-21(25)17(11-12-28-3)23-20(24)16-7-5-4-6-8-16/h4-10,13,17H,11-12,14H2,1-3H3,(H,22,25)(H,23,24)/t17-/m1/s1. The van der Waals surface area contributed by atoms with E-state index < -0.39 is 6.04 Å². The topological polar surface area (TPSA) is 76.7 Å². The lowest BCUT2D eigenvalue weighted by Gasteiger charge is -2.18. The monoisotopic (exact) mass is 402 g/mol. The van der Waals surface area contributed by atoms with Gasteiger partial charge in [0.15, 0.2) is 11.5 Å². The molecule has 0 aliphatic heterocycles. The molecule has 0 bridgehead atoms. The molecular weight excluding hydrogens is 376 g/mol. The summed E-state index contributed by atoms with van der Waals surface area (Å²) in [7, 11) is 3.14. The highest BCUT2D eigenvalue weighted by Gasteiger charge is 2.21. The summed E-state index contributed by atoms with van der Waals surface area (Å²) in [6.45, 7) is 0.330. The number of benzene rings is 2. The maximum Gasteiger partial charge on any atom is 0.251 e. The molecule has 28 heavy (non-hydrogen) atoms. The highest BCUT2D eigenvalue weighted by atomic mass is 32.2. The number of thioether (sulfide) groups is 1. The molecular formula is C21H26N2O4S. The minimum Gasteiger partial charge on any atom is -0.493 e. The van der Waals surface area contributed by atoms with E-state index >= 15 is 0 Å². The molecule has 6 nitrogen and oxygen atoms in total. The molecule has 150 valence electrons. The predicted octanol–water partition coefficient (Wildman–Crippen LogP) is 2.87. The van der Waals surface area contributed by atoms with Crippen molar-refractivity contribution >= 4 is 23.6 Å². The van der Waals surface area contributed by atoms with E-state index in [-0.39, 0.29) is 11.8 Å². The summed E-state index contributed by atoms with van der Waals surface area (Å²) in [4.78, 5) is 25.1. The zero-order valence-corrected chi connectivity index (χ0v) is 17.2. The molecule has 0 unspecified atom stereocenters. The molecule has 2 aromatic carbocycles. The highest BCUT2D eigenvalue weighted by molar-refractivity contribution is 7.98. The Bertz CT molecular complexity index is 783. The largest absolute Gasteiger partial charge is 0.493 e. The number of hydrogen-bond donors (Lipinski definition) is 2. The Balaban J connectivity index is 2.01. The molecule has 0 aromatic heterocycles. The van der Waals surface area contributed by atoms with Crippen molar-refractivity contribution in [3.63, 3.8) is 0 Å². The fraction of sp³-hybridized carbons (Fsp3) is 0.333. The lowest BCUT2D eigenvalue weighted by Crippen LogP contribution is -2.46. The molecule has 2 N–H and O–H groups in total. The van der Waals surface area contributed by atoms with Gasteiger partial charge < -0.3 is 20.1 Å². The molecule has 2 aromatic rings. The SMILES string of the molecule is COc1ccc(CNC(=O)[C@@H](CCSC)NC(=O)c2ccccc2)cc1OC. The summed E-state index contributed by atoms with van der Waals surface area (Å²) in [6.07, 6.45) is 2.52. The van der Waals surface area contributed by atoms with Crippen molar-refractivity contribution in [2.45, 2.75) is 19.0 Å². The van der Waals surface area contributed by atoms with Crippen LogP contribution in [0.25, 0.3) is 0 Å². The van der Waals surface area contributed by atoms with Crippen molar-refractivity contribution in [1.82, 2.24) is 10.6 Å². The molecule has 0 saturated carbocycles. The first-order valence-corrected chi connectivity index (χ1v) is 10.3. The summed E-state index contributed by atoms with van der Waals surface area (Å²) < 4.78 is 10.5. The van der Waals surface area contributed by atoms with E-state index in [0.29, 0.717) is 30.0 Å². The number of carbonyl (C=O) groups excluding carboxylic acids is 2. The third kappa shape index (κ3) is 6.20. The van der Waals surface area contributed by atoms with Crippen LogP contribution in [0.1, 0.15) is 22.3 Å². The van der Waals surface area contributed by atoms with Gasteiger partial charge in [0.05, 0.1) is 14.2 Å². The van der Waals surface area contributed by atoms with Gasteiger partial charge in [0, 0.05) is 12.1 Å². The summed E-state index contributed by atoms with van der Waals surface area (Å²) in [6, 6.07) is 13.8. The predicted molar refractivity (Wildman–Crippen MR) is 112 cm³/mol. The van der Waals surface area contributed by atoms with Gasteiger partial charge in [0.1, 0.15) is 6.04 Å². The molecule has 2 amide bonds. The molecule has 0 radical (unpaired) electrons. The Morgan fingerprint density at radius 2 is 1.75 bits per heavy atom. The summed E-state index contributed by atoms with van der Waals surface area (Å²) in [5, 5.41) is 5.73. The van der Waals surface area contributed by atoms with Gasteiger partial charge in [-0.3, -0.25) is 9.59 Å². The van der Waals surface area contributed by atoms with Crippen LogP contribution in [0.2, 0.25) is 0 Å². The molecule has 0 aliphatic rings. The highest BCUT2D eigenvalue weighted by Crippen LogP contribution is 2.27. The third-order valence-electron chi connectivity index (χ3n) is 4.18. The van der Waals surface area contributed by atoms with Crippen molar-refractivity contribution in [3.05, 3.63) is 59.7 Å². The van der Waals surface area contributed by atoms with Crippen molar-refractivity contribution in [2.75, 3.05) is 26.2 Å². The van der Waals surface area contributed by atoms with E-state index in [0.717, 1.165) is 11.3 Å². The Morgan fingerprint density at radius 3 is 2.39 bits per heavy atom. The van der Waals surface area contributed by atoms with E-state index in [1.807, 2.05) is 24.5 Å². The summed E-state index contributed by atoms with van der Waals surface area (Å²) in [5.41, 5.74) is 1.41. The first kappa shape index (κ1) is 21.6. The smallest absolute Gasteiger partial charge is 0.251 e. The van der Waals surface area contributed by atoms with Gasteiger partial charge in [-0.2, -0.15) is 11.8 Å². The fourth-order valence-corrected chi connectivity index (χ4v) is 3.11. The average molecular weight is 403 g/mol. The molecule has 0 spiro atoms. The Kier molecular flexibility index (Phi) is 8.68. The van der Waals surface area contributed by atoms with Gasteiger partial charge in [-0.05, 0) is 48.3 Å². The first-order valence-electron chi connectivity index (χ1n) is 8.92. The van der Waals surface area contributed by atoms with E-state index in [1.54, 1.807) is 56.3 Å². The summed E-state index contributed by atoms with van der Waals surface area (Å²) in [5.74, 6) is 1.53. The van der Waals surface area contributed by atoms with E-state index in [1.165, 1.54) is 0 Å². The van der Waals surface area contributed by atoms with Gasteiger partial charge >= 0.3 is 0 Å². The van der Waals surface area contributed by atoms with Gasteiger partial charge in [0.2, 0.25) is 5.91 Å². The van der Waals surface area contributed by atoms with Crippen LogP contribution in [0.15, 0.2) is 48.5 Å². The van der Waals surface area contributed by atoms with Crippen molar-refractivity contribution in [1.29, 1.82) is 0 Å². The number of hydrogen-bond acceptors (Lipinski definition) is 5. The maximum atomic E-state index is 12.7. The van der Waals surface area contributed by atoms with Crippen molar-refractivity contribution in [3.8, 4) is 11.5 Å². The van der Waals surface area contributed by atoms with Crippen LogP contribution in [0, 0.1) is 0 Å². The van der Waals surface area contributed by atoms with Gasteiger partial charge in [0.25, 0.3) is 5.91 Å². The van der Waals surface area contributed by atoms with Crippen LogP contribution >= 0.6 is 11.8 Å². The van der Waals surface area contributed by atoms with Crippen LogP contribution < -0.4 is 20.1 Å². The quantitative estimate of drug-likeness (QED) is 0.639. The van der Waals surface area contributed by atoms with E-state index in [4.69, 9.17) is 9.47 Å². The average Bonchev–Trinajstić information content (AvgIpc) is 2.75. The summed E-state index contributed by atoms with van der Waals surface area (Å²) >= 11 is 1.63. The zero-order valence-electron chi connectivity index (χ0n) is 16.4. The second-order valence-electron chi connectivity index (χ2n) is 6.08. The molecule has 0 aliphatic carbocycles. The van der Waals surface area contributed by atoms with Crippen LogP contribution in [-0.2, 0) is 11.3 Å². The van der Waals surface area contributed by atoms with E-state index in [9.17, 15) is 9.59 Å². The fourth-order valence-electron chi connectivity index (χ4n) is 2.64. The number of amides is 2. The van der Waals surface area contributed by atoms with Crippen LogP contribution in [0.3, 0.4) is 0 Å². The Hall–Kier alpha value is -2.67. The number of methoxy groups -OCH3 is 2. The van der Waals surface area contributed by atoms with Crippen LogP contribution in [0.4, 0.5) is 0 Å². The number of rotatable bonds is 10. The second-order valence-corrected chi connectivity index (χ2v) is 7.07. The Morgan fingerprint density at radius 1 is 1.04 bits per heavy atom. The Labute approximate surface area is 170 Å². The maximum absolute atomic E-state index is 12.7. The van der Waals surface area contributed by atoms with Gasteiger partial charge in [-0.1, -0.05) is 24.3 Å². The molecule has 0 fully saturated rings.